The molecule has 2 rings (SSSR count). The Morgan fingerprint density at radius 2 is 1.58 bits per heavy atom. The fraction of sp³-hybridized carbons (Fsp3) is 0.773. The predicted molar refractivity (Wildman–Crippen MR) is 103 cm³/mol. The van der Waals surface area contributed by atoms with E-state index in [1.54, 1.807) is 0 Å². The molecule has 0 aromatic rings. The molecule has 0 radical (unpaired) electrons. The van der Waals surface area contributed by atoms with E-state index < -0.39 is 0 Å². The van der Waals surface area contributed by atoms with Crippen LogP contribution in [-0.2, 0) is 4.79 Å². The van der Waals surface area contributed by atoms with E-state index in [2.05, 4.69) is 31.8 Å². The molecule has 0 amide bonds. The van der Waals surface area contributed by atoms with Gasteiger partial charge in [0, 0.05) is 23.6 Å². The second-order valence-electron chi connectivity index (χ2n) is 8.64. The Bertz CT molecular complexity index is 462. The Balaban J connectivity index is 1.89. The smallest absolute Gasteiger partial charge is 0.158 e. The number of nitrogens with one attached hydrogen (secondary N) is 1. The maximum atomic E-state index is 12.6. The molecule has 0 spiro atoms. The number of carbonyl (C=O) groups excluding carboxylic acids is 1. The lowest BCUT2D eigenvalue weighted by atomic mass is 9.82. The molecule has 1 N–H and O–H groups in total. The van der Waals surface area contributed by atoms with Gasteiger partial charge in [-0.1, -0.05) is 77.9 Å². The molecule has 2 saturated carbocycles. The number of hydrogen-bond donors (Lipinski definition) is 1. The van der Waals surface area contributed by atoms with E-state index in [1.807, 2.05) is 6.92 Å². The van der Waals surface area contributed by atoms with Gasteiger partial charge in [-0.3, -0.25) is 4.79 Å². The van der Waals surface area contributed by atoms with Gasteiger partial charge in [0.2, 0.25) is 0 Å². The first-order chi connectivity index (χ1) is 11.4. The average Bonchev–Trinajstić information content (AvgIpc) is 2.56. The minimum atomic E-state index is -0.177. The van der Waals surface area contributed by atoms with Crippen molar-refractivity contribution in [3.05, 3.63) is 23.9 Å². The second-order valence-corrected chi connectivity index (χ2v) is 8.64. The van der Waals surface area contributed by atoms with Crippen molar-refractivity contribution in [2.45, 2.75) is 97.4 Å². The second kappa shape index (κ2) is 8.87. The SMILES string of the molecule is C=C(NC1CCCCC1)C(C)(C)/C=C(\C)C(=O)CC1CCCCC1. The molecule has 0 aliphatic heterocycles. The molecule has 2 aliphatic carbocycles. The van der Waals surface area contributed by atoms with Crippen LogP contribution in [0, 0.1) is 11.3 Å². The van der Waals surface area contributed by atoms with Gasteiger partial charge in [0.25, 0.3) is 0 Å². The number of ketones is 1. The molecule has 0 bridgehead atoms. The van der Waals surface area contributed by atoms with E-state index in [0.717, 1.165) is 17.7 Å². The molecule has 2 aliphatic rings. The molecule has 2 nitrogen and oxygen atoms in total. The summed E-state index contributed by atoms with van der Waals surface area (Å²) in [5.41, 5.74) is 1.79. The van der Waals surface area contributed by atoms with Crippen LogP contribution in [-0.4, -0.2) is 11.8 Å². The van der Waals surface area contributed by atoms with Crippen molar-refractivity contribution >= 4 is 5.78 Å². The molecular weight excluding hydrogens is 294 g/mol. The fourth-order valence-corrected chi connectivity index (χ4v) is 4.20. The van der Waals surface area contributed by atoms with Gasteiger partial charge in [-0.25, -0.2) is 0 Å². The van der Waals surface area contributed by atoms with Crippen molar-refractivity contribution in [1.29, 1.82) is 0 Å². The lowest BCUT2D eigenvalue weighted by Gasteiger charge is -2.32. The molecule has 0 heterocycles. The minimum Gasteiger partial charge on any atom is -0.385 e. The Kier molecular flexibility index (Phi) is 7.13. The van der Waals surface area contributed by atoms with Crippen LogP contribution in [0.2, 0.25) is 0 Å². The zero-order valence-corrected chi connectivity index (χ0v) is 16.1. The van der Waals surface area contributed by atoms with Crippen molar-refractivity contribution in [2.75, 3.05) is 0 Å². The van der Waals surface area contributed by atoms with Crippen LogP contribution in [0.15, 0.2) is 23.9 Å². The highest BCUT2D eigenvalue weighted by Gasteiger charge is 2.25. The topological polar surface area (TPSA) is 29.1 Å². The van der Waals surface area contributed by atoms with Crippen LogP contribution < -0.4 is 5.32 Å². The quantitative estimate of drug-likeness (QED) is 0.585. The van der Waals surface area contributed by atoms with Gasteiger partial charge in [-0.2, -0.15) is 0 Å². The zero-order chi connectivity index (χ0) is 17.6. The van der Waals surface area contributed by atoms with Gasteiger partial charge >= 0.3 is 0 Å². The summed E-state index contributed by atoms with van der Waals surface area (Å²) in [6.45, 7) is 10.6. The average molecular weight is 332 g/mol. The number of hydrogen-bond acceptors (Lipinski definition) is 2. The van der Waals surface area contributed by atoms with Gasteiger partial charge in [0.15, 0.2) is 5.78 Å². The maximum absolute atomic E-state index is 12.6. The van der Waals surface area contributed by atoms with Gasteiger partial charge in [0.05, 0.1) is 0 Å². The lowest BCUT2D eigenvalue weighted by Crippen LogP contribution is -2.35. The molecule has 0 saturated heterocycles. The fourth-order valence-electron chi connectivity index (χ4n) is 4.20. The molecule has 24 heavy (non-hydrogen) atoms. The summed E-state index contributed by atoms with van der Waals surface area (Å²) in [4.78, 5) is 12.6. The number of rotatable bonds is 7. The molecule has 2 heteroatoms. The molecule has 0 aromatic heterocycles. The molecule has 0 atom stereocenters. The highest BCUT2D eigenvalue weighted by atomic mass is 16.1. The molecule has 136 valence electrons. The third-order valence-corrected chi connectivity index (χ3v) is 5.98. The first-order valence-electron chi connectivity index (χ1n) is 10.1. The van der Waals surface area contributed by atoms with Crippen molar-refractivity contribution in [2.24, 2.45) is 11.3 Å². The number of Topliss-reactive ketones (excluding diaryl/α,β-unsaturated/α-hetero) is 1. The van der Waals surface area contributed by atoms with Crippen LogP contribution in [0.4, 0.5) is 0 Å². The Morgan fingerprint density at radius 1 is 1.04 bits per heavy atom. The third-order valence-electron chi connectivity index (χ3n) is 5.98. The molecule has 0 unspecified atom stereocenters. The van der Waals surface area contributed by atoms with Gasteiger partial charge in [-0.05, 0) is 31.3 Å². The van der Waals surface area contributed by atoms with E-state index in [1.165, 1.54) is 64.2 Å². The predicted octanol–water partition coefficient (Wildman–Crippen LogP) is 5.93. The van der Waals surface area contributed by atoms with Crippen LogP contribution in [0.3, 0.4) is 0 Å². The van der Waals surface area contributed by atoms with Crippen LogP contribution in [0.5, 0.6) is 0 Å². The molecule has 2 fully saturated rings. The molecule has 0 aromatic carbocycles. The van der Waals surface area contributed by atoms with Gasteiger partial charge < -0.3 is 5.32 Å². The summed E-state index contributed by atoms with van der Waals surface area (Å²) in [6.07, 6.45) is 15.8. The Labute approximate surface area is 149 Å². The monoisotopic (exact) mass is 331 g/mol. The lowest BCUT2D eigenvalue weighted by molar-refractivity contribution is -0.116. The van der Waals surface area contributed by atoms with Crippen LogP contribution in [0.25, 0.3) is 0 Å². The minimum absolute atomic E-state index is 0.177. The summed E-state index contributed by atoms with van der Waals surface area (Å²) < 4.78 is 0. The Morgan fingerprint density at radius 3 is 2.17 bits per heavy atom. The summed E-state index contributed by atoms with van der Waals surface area (Å²) in [6, 6.07) is 0.567. The van der Waals surface area contributed by atoms with E-state index in [4.69, 9.17) is 0 Å². The van der Waals surface area contributed by atoms with E-state index >= 15 is 0 Å². The first kappa shape index (κ1) is 19.3. The zero-order valence-electron chi connectivity index (χ0n) is 16.1. The van der Waals surface area contributed by atoms with E-state index in [-0.39, 0.29) is 5.41 Å². The standard InChI is InChI=1S/C22H37NO/c1-17(21(24)15-19-11-7-5-8-12-19)16-22(3,4)18(2)23-20-13-9-6-10-14-20/h16,19-20,23H,2,5-15H2,1,3-4H3/b17-16+. The van der Waals surface area contributed by atoms with Crippen molar-refractivity contribution in [3.63, 3.8) is 0 Å². The van der Waals surface area contributed by atoms with Crippen molar-refractivity contribution in [1.82, 2.24) is 5.32 Å². The largest absolute Gasteiger partial charge is 0.385 e. The number of carbonyl (C=O) groups is 1. The summed E-state index contributed by atoms with van der Waals surface area (Å²) >= 11 is 0. The summed E-state index contributed by atoms with van der Waals surface area (Å²) in [5, 5.41) is 3.63. The third kappa shape index (κ3) is 5.79. The van der Waals surface area contributed by atoms with Gasteiger partial charge in [0.1, 0.15) is 0 Å². The van der Waals surface area contributed by atoms with Crippen LogP contribution in [0.1, 0.15) is 91.4 Å². The highest BCUT2D eigenvalue weighted by molar-refractivity contribution is 5.95. The van der Waals surface area contributed by atoms with Crippen molar-refractivity contribution < 1.29 is 4.79 Å². The normalized spacial score (nSPS) is 21.5. The first-order valence-corrected chi connectivity index (χ1v) is 10.1. The Hall–Kier alpha value is -1.05. The highest BCUT2D eigenvalue weighted by Crippen LogP contribution is 2.31. The summed E-state index contributed by atoms with van der Waals surface area (Å²) in [5.74, 6) is 0.946. The summed E-state index contributed by atoms with van der Waals surface area (Å²) in [7, 11) is 0. The maximum Gasteiger partial charge on any atom is 0.158 e. The van der Waals surface area contributed by atoms with Crippen molar-refractivity contribution in [3.8, 4) is 0 Å². The van der Waals surface area contributed by atoms with Gasteiger partial charge in [-0.15, -0.1) is 0 Å². The van der Waals surface area contributed by atoms with Crippen LogP contribution >= 0.6 is 0 Å². The van der Waals surface area contributed by atoms with E-state index in [9.17, 15) is 4.79 Å². The molecular formula is C22H37NO. The number of allylic oxidation sites excluding steroid dienone is 2. The van der Waals surface area contributed by atoms with E-state index in [0.29, 0.717) is 17.7 Å².